The van der Waals surface area contributed by atoms with Gasteiger partial charge in [-0.1, -0.05) is 129 Å². The summed E-state index contributed by atoms with van der Waals surface area (Å²) in [5.74, 6) is -1.84. The summed E-state index contributed by atoms with van der Waals surface area (Å²) in [5, 5.41) is 4.26. The number of carbonyl (C=O) groups excluding carboxylic acids is 3. The van der Waals surface area contributed by atoms with Gasteiger partial charge in [0.25, 0.3) is 5.91 Å². The van der Waals surface area contributed by atoms with Gasteiger partial charge in [0.15, 0.2) is 0 Å². The van der Waals surface area contributed by atoms with Crippen molar-refractivity contribution in [3.05, 3.63) is 112 Å². The van der Waals surface area contributed by atoms with Gasteiger partial charge in [0, 0.05) is 33.0 Å². The molecule has 48 heavy (non-hydrogen) atoms. The number of nitrogens with one attached hydrogen (secondary N) is 1. The number of rotatable bonds is 11. The topological polar surface area (TPSA) is 92.5 Å². The van der Waals surface area contributed by atoms with Gasteiger partial charge in [-0.25, -0.2) is 0 Å². The van der Waals surface area contributed by atoms with E-state index in [0.29, 0.717) is 28.8 Å². The molecule has 1 aliphatic heterocycles. The number of para-hydroxylation sites is 1. The number of anilines is 1. The number of nitrogens with zero attached hydrogens (tertiary/aromatic N) is 1. The van der Waals surface area contributed by atoms with Crippen molar-refractivity contribution in [1.29, 1.82) is 0 Å². The maximum atomic E-state index is 14.8. The molecule has 1 saturated carbocycles. The summed E-state index contributed by atoms with van der Waals surface area (Å²) >= 11 is 12.7. The zero-order valence-corrected chi connectivity index (χ0v) is 28.6. The van der Waals surface area contributed by atoms with Gasteiger partial charge in [0.1, 0.15) is 6.04 Å². The molecular weight excluding hydrogens is 641 g/mol. The summed E-state index contributed by atoms with van der Waals surface area (Å²) in [4.78, 5) is 43.7. The van der Waals surface area contributed by atoms with E-state index in [1.165, 1.54) is 0 Å². The molecule has 1 unspecified atom stereocenters. The van der Waals surface area contributed by atoms with Gasteiger partial charge in [-0.2, -0.15) is 0 Å². The molecule has 6 rings (SSSR count). The fourth-order valence-electron chi connectivity index (χ4n) is 7.55. The van der Waals surface area contributed by atoms with Crippen molar-refractivity contribution >= 4 is 46.6 Å². The van der Waals surface area contributed by atoms with E-state index in [2.05, 4.69) is 5.32 Å². The normalized spacial score (nSPS) is 17.3. The average molecular weight is 683 g/mol. The molecule has 0 aromatic heterocycles. The highest BCUT2D eigenvalue weighted by Crippen LogP contribution is 2.42. The number of carbonyl (C=O) groups is 3. The number of halogens is 2. The maximum absolute atomic E-state index is 14.8. The van der Waals surface area contributed by atoms with Crippen molar-refractivity contribution in [2.45, 2.75) is 64.5 Å². The molecule has 248 valence electrons. The molecule has 1 fully saturated rings. The Balaban J connectivity index is 1.38. The molecule has 3 N–H and O–H groups in total. The molecular formula is C40H41Cl2N3O3. The SMILES string of the molecule is CCCC(C(N)=O)[C@H](CC1CCCC1)C(=O)N[C@@H]1C(=O)N(Cc2cccc(-c3ccc(Cl)cc3Cl)c2)c2ccccc2-c2ccccc21. The summed E-state index contributed by atoms with van der Waals surface area (Å²) in [6.45, 7) is 2.26. The molecule has 6 nitrogen and oxygen atoms in total. The largest absolute Gasteiger partial charge is 0.369 e. The van der Waals surface area contributed by atoms with E-state index >= 15 is 0 Å². The molecule has 8 heteroatoms. The highest BCUT2D eigenvalue weighted by Gasteiger charge is 2.39. The van der Waals surface area contributed by atoms with Crippen LogP contribution in [0.2, 0.25) is 10.0 Å². The van der Waals surface area contributed by atoms with Crippen LogP contribution in [0.4, 0.5) is 5.69 Å². The molecule has 0 bridgehead atoms. The molecule has 2 aliphatic rings. The Morgan fingerprint density at radius 1 is 0.875 bits per heavy atom. The fourth-order valence-corrected chi connectivity index (χ4v) is 8.06. The second-order valence-electron chi connectivity index (χ2n) is 13.1. The standard InChI is InChI=1S/C40H41Cl2N3O3/c1-2-10-33(38(43)46)34(22-25-11-3-4-12-25)39(47)44-37-32-17-6-5-15-30(32)31-16-7-8-18-36(31)45(40(37)48)24-26-13-9-14-27(21-26)29-20-19-28(41)23-35(29)42/h5-9,13-21,23,25,33-34,37H,2-4,10-12,22,24H2,1H3,(H2,43,46)(H,44,47)/t33?,34-,37-/m0/s1. The quantitative estimate of drug-likeness (QED) is 0.165. The smallest absolute Gasteiger partial charge is 0.254 e. The minimum atomic E-state index is -0.962. The Morgan fingerprint density at radius 3 is 2.33 bits per heavy atom. The molecule has 3 atom stereocenters. The lowest BCUT2D eigenvalue weighted by molar-refractivity contribution is -0.136. The summed E-state index contributed by atoms with van der Waals surface area (Å²) in [7, 11) is 0. The lowest BCUT2D eigenvalue weighted by Gasteiger charge is -2.30. The number of amides is 3. The molecule has 0 radical (unpaired) electrons. The Hall–Kier alpha value is -4.13. The van der Waals surface area contributed by atoms with E-state index in [4.69, 9.17) is 28.9 Å². The predicted molar refractivity (Wildman–Crippen MR) is 194 cm³/mol. The van der Waals surface area contributed by atoms with Gasteiger partial charge in [0.05, 0.1) is 12.2 Å². The number of nitrogens with two attached hydrogens (primary N) is 1. The summed E-state index contributed by atoms with van der Waals surface area (Å²) in [6, 6.07) is 27.9. The summed E-state index contributed by atoms with van der Waals surface area (Å²) in [6.07, 6.45) is 6.18. The first kappa shape index (κ1) is 33.8. The lowest BCUT2D eigenvalue weighted by atomic mass is 9.80. The molecule has 1 aliphatic carbocycles. The zero-order chi connectivity index (χ0) is 33.8. The van der Waals surface area contributed by atoms with Gasteiger partial charge in [-0.15, -0.1) is 0 Å². The first-order chi connectivity index (χ1) is 23.2. The van der Waals surface area contributed by atoms with Crippen LogP contribution in [0.15, 0.2) is 91.0 Å². The number of primary amides is 1. The van der Waals surface area contributed by atoms with Gasteiger partial charge in [-0.3, -0.25) is 14.4 Å². The molecule has 1 heterocycles. The lowest BCUT2D eigenvalue weighted by Crippen LogP contribution is -2.47. The van der Waals surface area contributed by atoms with Crippen molar-refractivity contribution in [2.75, 3.05) is 4.90 Å². The fraction of sp³-hybridized carbons (Fsp3) is 0.325. The number of fused-ring (bicyclic) bond motifs is 3. The minimum Gasteiger partial charge on any atom is -0.369 e. The third-order valence-electron chi connectivity index (χ3n) is 9.92. The van der Waals surface area contributed by atoms with Crippen molar-refractivity contribution in [3.63, 3.8) is 0 Å². The molecule has 0 spiro atoms. The second-order valence-corrected chi connectivity index (χ2v) is 13.9. The van der Waals surface area contributed by atoms with E-state index in [9.17, 15) is 14.4 Å². The zero-order valence-electron chi connectivity index (χ0n) is 27.1. The van der Waals surface area contributed by atoms with Gasteiger partial charge < -0.3 is 16.0 Å². The van der Waals surface area contributed by atoms with Crippen LogP contribution in [0.5, 0.6) is 0 Å². The van der Waals surface area contributed by atoms with Crippen molar-refractivity contribution in [1.82, 2.24) is 5.32 Å². The average Bonchev–Trinajstić information content (AvgIpc) is 3.58. The van der Waals surface area contributed by atoms with Gasteiger partial charge in [-0.05, 0) is 65.3 Å². The number of benzene rings is 4. The van der Waals surface area contributed by atoms with E-state index in [0.717, 1.165) is 71.2 Å². The second kappa shape index (κ2) is 15.0. The van der Waals surface area contributed by atoms with Crippen LogP contribution in [0, 0.1) is 17.8 Å². The monoisotopic (exact) mass is 681 g/mol. The van der Waals surface area contributed by atoms with Crippen LogP contribution in [-0.4, -0.2) is 17.7 Å². The molecule has 4 aromatic rings. The maximum Gasteiger partial charge on any atom is 0.254 e. The highest BCUT2D eigenvalue weighted by atomic mass is 35.5. The van der Waals surface area contributed by atoms with Crippen LogP contribution in [0.1, 0.15) is 69.0 Å². The minimum absolute atomic E-state index is 0.249. The van der Waals surface area contributed by atoms with E-state index in [1.54, 1.807) is 17.0 Å². The van der Waals surface area contributed by atoms with Crippen LogP contribution in [0.3, 0.4) is 0 Å². The van der Waals surface area contributed by atoms with E-state index in [1.807, 2.05) is 85.8 Å². The molecule has 0 saturated heterocycles. The van der Waals surface area contributed by atoms with Gasteiger partial charge >= 0.3 is 0 Å². The van der Waals surface area contributed by atoms with Crippen molar-refractivity contribution in [2.24, 2.45) is 23.5 Å². The first-order valence-corrected chi connectivity index (χ1v) is 17.6. The molecule has 3 amide bonds. The van der Waals surface area contributed by atoms with Crippen molar-refractivity contribution < 1.29 is 14.4 Å². The third-order valence-corrected chi connectivity index (χ3v) is 10.5. The number of hydrogen-bond donors (Lipinski definition) is 2. The van der Waals surface area contributed by atoms with Crippen molar-refractivity contribution in [3.8, 4) is 22.3 Å². The Bertz CT molecular complexity index is 1820. The van der Waals surface area contributed by atoms with Crippen LogP contribution in [-0.2, 0) is 20.9 Å². The van der Waals surface area contributed by atoms with E-state index in [-0.39, 0.29) is 18.4 Å². The Kier molecular flexibility index (Phi) is 10.5. The first-order valence-electron chi connectivity index (χ1n) is 16.9. The summed E-state index contributed by atoms with van der Waals surface area (Å²) in [5.41, 5.74) is 11.8. The van der Waals surface area contributed by atoms with Crippen LogP contribution in [0.25, 0.3) is 22.3 Å². The van der Waals surface area contributed by atoms with Gasteiger partial charge in [0.2, 0.25) is 11.8 Å². The third kappa shape index (κ3) is 7.15. The molecule has 4 aromatic carbocycles. The van der Waals surface area contributed by atoms with Crippen LogP contribution < -0.4 is 16.0 Å². The highest BCUT2D eigenvalue weighted by molar-refractivity contribution is 6.36. The summed E-state index contributed by atoms with van der Waals surface area (Å²) < 4.78 is 0. The Labute approximate surface area is 292 Å². The predicted octanol–water partition coefficient (Wildman–Crippen LogP) is 9.13. The van der Waals surface area contributed by atoms with E-state index < -0.39 is 23.8 Å². The van der Waals surface area contributed by atoms with Crippen LogP contribution >= 0.6 is 23.2 Å². The Morgan fingerprint density at radius 2 is 1.60 bits per heavy atom. The number of hydrogen-bond acceptors (Lipinski definition) is 3.